The maximum atomic E-state index is 5.32. The molecule has 0 aliphatic heterocycles. The standard InChI is InChI=1S/C37H23N5/c1-3-13-24(14-4-1)30-23-31(25-15-5-2-6-16-25)39-37(38-30)42-33-22-12-10-20-29(33)34-36(42)41-32-21-11-9-18-27(32)26-17-7-8-19-28(26)35(41)40-34/h1-23H. The molecule has 196 valence electrons. The molecule has 9 aromatic rings. The summed E-state index contributed by atoms with van der Waals surface area (Å²) in [5, 5.41) is 4.56. The predicted octanol–water partition coefficient (Wildman–Crippen LogP) is 8.86. The SMILES string of the molecule is c1ccc(-c2cc(-c3ccccc3)nc(-n3c4ccccc4c4nc5c6ccccc6c6ccccc6n5c43)n2)cc1. The fraction of sp³-hybridized carbons (Fsp3) is 0. The second-order valence-electron chi connectivity index (χ2n) is 10.5. The van der Waals surface area contributed by atoms with Crippen molar-refractivity contribution in [2.24, 2.45) is 0 Å². The van der Waals surface area contributed by atoms with Crippen LogP contribution in [0.25, 0.3) is 77.9 Å². The summed E-state index contributed by atoms with van der Waals surface area (Å²) in [6.45, 7) is 0. The van der Waals surface area contributed by atoms with Gasteiger partial charge in [0, 0.05) is 27.3 Å². The first kappa shape index (κ1) is 22.9. The van der Waals surface area contributed by atoms with Crippen LogP contribution in [0.4, 0.5) is 0 Å². The largest absolute Gasteiger partial charge is 0.277 e. The minimum atomic E-state index is 0.612. The Balaban J connectivity index is 1.48. The highest BCUT2D eigenvalue weighted by Crippen LogP contribution is 2.37. The first-order valence-corrected chi connectivity index (χ1v) is 14.1. The van der Waals surface area contributed by atoms with Gasteiger partial charge in [0.2, 0.25) is 5.95 Å². The van der Waals surface area contributed by atoms with E-state index in [1.807, 2.05) is 36.4 Å². The van der Waals surface area contributed by atoms with Crippen LogP contribution in [-0.4, -0.2) is 23.9 Å². The average Bonchev–Trinajstić information content (AvgIpc) is 3.61. The monoisotopic (exact) mass is 537 g/mol. The van der Waals surface area contributed by atoms with E-state index >= 15 is 0 Å². The van der Waals surface area contributed by atoms with Crippen molar-refractivity contribution >= 4 is 49.4 Å². The molecule has 0 N–H and O–H groups in total. The zero-order valence-electron chi connectivity index (χ0n) is 22.5. The van der Waals surface area contributed by atoms with E-state index in [0.29, 0.717) is 5.95 Å². The van der Waals surface area contributed by atoms with Gasteiger partial charge in [-0.3, -0.25) is 8.97 Å². The van der Waals surface area contributed by atoms with Crippen molar-refractivity contribution in [3.05, 3.63) is 140 Å². The molecule has 0 spiro atoms. The summed E-state index contributed by atoms with van der Waals surface area (Å²) in [4.78, 5) is 15.7. The molecule has 0 atom stereocenters. The van der Waals surface area contributed by atoms with Crippen LogP contribution < -0.4 is 0 Å². The number of hydrogen-bond donors (Lipinski definition) is 0. The van der Waals surface area contributed by atoms with Gasteiger partial charge in [0.1, 0.15) is 11.2 Å². The Morgan fingerprint density at radius 3 is 1.62 bits per heavy atom. The summed E-state index contributed by atoms with van der Waals surface area (Å²) in [5.41, 5.74) is 8.76. The summed E-state index contributed by atoms with van der Waals surface area (Å²) < 4.78 is 4.47. The molecule has 0 aliphatic carbocycles. The van der Waals surface area contributed by atoms with Crippen molar-refractivity contribution in [2.75, 3.05) is 0 Å². The van der Waals surface area contributed by atoms with Gasteiger partial charge in [-0.25, -0.2) is 15.0 Å². The zero-order chi connectivity index (χ0) is 27.6. The van der Waals surface area contributed by atoms with Gasteiger partial charge in [0.25, 0.3) is 0 Å². The molecule has 0 fully saturated rings. The lowest BCUT2D eigenvalue weighted by atomic mass is 10.1. The van der Waals surface area contributed by atoms with Gasteiger partial charge in [-0.15, -0.1) is 0 Å². The van der Waals surface area contributed by atoms with Crippen LogP contribution in [0.15, 0.2) is 140 Å². The molecule has 5 heteroatoms. The van der Waals surface area contributed by atoms with E-state index in [1.54, 1.807) is 0 Å². The number of benzene rings is 5. The van der Waals surface area contributed by atoms with Gasteiger partial charge >= 0.3 is 0 Å². The fourth-order valence-corrected chi connectivity index (χ4v) is 6.25. The molecule has 5 aromatic carbocycles. The van der Waals surface area contributed by atoms with E-state index in [0.717, 1.165) is 61.1 Å². The topological polar surface area (TPSA) is 48.0 Å². The lowest BCUT2D eigenvalue weighted by Crippen LogP contribution is -2.06. The Bertz CT molecular complexity index is 2400. The van der Waals surface area contributed by atoms with Gasteiger partial charge in [0.05, 0.1) is 22.4 Å². The highest BCUT2D eigenvalue weighted by atomic mass is 15.2. The zero-order valence-corrected chi connectivity index (χ0v) is 22.5. The molecule has 0 unspecified atom stereocenters. The Labute approximate surface area is 241 Å². The molecular formula is C37H23N5. The summed E-state index contributed by atoms with van der Waals surface area (Å²) in [7, 11) is 0. The smallest absolute Gasteiger partial charge is 0.237 e. The molecule has 0 saturated heterocycles. The van der Waals surface area contributed by atoms with Gasteiger partial charge in [-0.1, -0.05) is 121 Å². The Kier molecular flexibility index (Phi) is 4.83. The molecule has 4 heterocycles. The van der Waals surface area contributed by atoms with Crippen LogP contribution in [0, 0.1) is 0 Å². The van der Waals surface area contributed by atoms with Gasteiger partial charge in [-0.05, 0) is 23.6 Å². The summed E-state index contributed by atoms with van der Waals surface area (Å²) in [5.74, 6) is 0.612. The van der Waals surface area contributed by atoms with Crippen LogP contribution >= 0.6 is 0 Å². The number of aromatic nitrogens is 5. The lowest BCUT2D eigenvalue weighted by molar-refractivity contribution is 0.978. The van der Waals surface area contributed by atoms with E-state index in [4.69, 9.17) is 15.0 Å². The number of pyridine rings is 1. The first-order chi connectivity index (χ1) is 20.8. The highest BCUT2D eigenvalue weighted by molar-refractivity contribution is 6.16. The quantitative estimate of drug-likeness (QED) is 0.212. The summed E-state index contributed by atoms with van der Waals surface area (Å²) >= 11 is 0. The van der Waals surface area contributed by atoms with Crippen molar-refractivity contribution < 1.29 is 0 Å². The third-order valence-electron chi connectivity index (χ3n) is 8.12. The van der Waals surface area contributed by atoms with Gasteiger partial charge < -0.3 is 0 Å². The maximum absolute atomic E-state index is 5.32. The molecule has 4 aromatic heterocycles. The predicted molar refractivity (Wildman–Crippen MR) is 171 cm³/mol. The molecule has 0 amide bonds. The third-order valence-corrected chi connectivity index (χ3v) is 8.12. The van der Waals surface area contributed by atoms with E-state index in [-0.39, 0.29) is 0 Å². The van der Waals surface area contributed by atoms with Crippen LogP contribution in [0.5, 0.6) is 0 Å². The molecule has 5 nitrogen and oxygen atoms in total. The van der Waals surface area contributed by atoms with Crippen molar-refractivity contribution in [3.63, 3.8) is 0 Å². The average molecular weight is 538 g/mol. The molecule has 42 heavy (non-hydrogen) atoms. The molecular weight excluding hydrogens is 514 g/mol. The second kappa shape index (κ2) is 8.85. The van der Waals surface area contributed by atoms with Crippen molar-refractivity contribution in [3.8, 4) is 28.5 Å². The summed E-state index contributed by atoms with van der Waals surface area (Å²) in [6.07, 6.45) is 0. The number of imidazole rings is 1. The Morgan fingerprint density at radius 1 is 0.429 bits per heavy atom. The second-order valence-corrected chi connectivity index (χ2v) is 10.5. The van der Waals surface area contributed by atoms with Gasteiger partial charge in [0.15, 0.2) is 5.65 Å². The molecule has 0 aliphatic rings. The van der Waals surface area contributed by atoms with E-state index in [9.17, 15) is 0 Å². The Morgan fingerprint density at radius 2 is 0.952 bits per heavy atom. The maximum Gasteiger partial charge on any atom is 0.237 e. The number of rotatable bonds is 3. The number of nitrogens with zero attached hydrogens (tertiary/aromatic N) is 5. The molecule has 0 bridgehead atoms. The number of fused-ring (bicyclic) bond motifs is 10. The first-order valence-electron chi connectivity index (χ1n) is 14.1. The minimum absolute atomic E-state index is 0.612. The normalized spacial score (nSPS) is 11.8. The molecule has 0 saturated carbocycles. The number of hydrogen-bond acceptors (Lipinski definition) is 3. The summed E-state index contributed by atoms with van der Waals surface area (Å²) in [6, 6.07) is 48.2. The Hall–Kier alpha value is -5.81. The fourth-order valence-electron chi connectivity index (χ4n) is 6.25. The van der Waals surface area contributed by atoms with E-state index in [2.05, 4.69) is 112 Å². The molecule has 0 radical (unpaired) electrons. The van der Waals surface area contributed by atoms with E-state index < -0.39 is 0 Å². The van der Waals surface area contributed by atoms with Crippen LogP contribution in [0.1, 0.15) is 0 Å². The lowest BCUT2D eigenvalue weighted by Gasteiger charge is -2.13. The van der Waals surface area contributed by atoms with Crippen molar-refractivity contribution in [1.82, 2.24) is 23.9 Å². The van der Waals surface area contributed by atoms with E-state index in [1.165, 1.54) is 10.8 Å². The van der Waals surface area contributed by atoms with Gasteiger partial charge in [-0.2, -0.15) is 0 Å². The van der Waals surface area contributed by atoms with Crippen LogP contribution in [-0.2, 0) is 0 Å². The van der Waals surface area contributed by atoms with Crippen LogP contribution in [0.3, 0.4) is 0 Å². The van der Waals surface area contributed by atoms with Crippen LogP contribution in [0.2, 0.25) is 0 Å². The van der Waals surface area contributed by atoms with Crippen molar-refractivity contribution in [2.45, 2.75) is 0 Å². The minimum Gasteiger partial charge on any atom is -0.277 e. The number of para-hydroxylation sites is 2. The van der Waals surface area contributed by atoms with Crippen molar-refractivity contribution in [1.29, 1.82) is 0 Å². The molecule has 9 rings (SSSR count). The third kappa shape index (κ3) is 3.28. The highest BCUT2D eigenvalue weighted by Gasteiger charge is 2.23.